The minimum Gasteiger partial charge on any atom is -0.507 e. The Balaban J connectivity index is 1.84. The van der Waals surface area contributed by atoms with Crippen LogP contribution in [-0.2, 0) is 9.59 Å². The predicted molar refractivity (Wildman–Crippen MR) is 127 cm³/mol. The minimum absolute atomic E-state index is 0.0633. The molecule has 1 fully saturated rings. The van der Waals surface area contributed by atoms with Gasteiger partial charge in [-0.25, -0.2) is 0 Å². The van der Waals surface area contributed by atoms with E-state index >= 15 is 0 Å². The molecule has 2 heterocycles. The number of amides is 1. The van der Waals surface area contributed by atoms with Crippen LogP contribution in [0.25, 0.3) is 5.76 Å². The first-order valence-electron chi connectivity index (χ1n) is 11.2. The Labute approximate surface area is 205 Å². The fourth-order valence-electron chi connectivity index (χ4n) is 4.05. The normalized spacial score (nSPS) is 17.6. The summed E-state index contributed by atoms with van der Waals surface area (Å²) in [6.45, 7) is 5.85. The molecule has 1 N–H and O–H groups in total. The quantitative estimate of drug-likeness (QED) is 0.265. The molecule has 0 saturated carbocycles. The molecule has 1 unspecified atom stereocenters. The molecule has 1 aliphatic rings. The Kier molecular flexibility index (Phi) is 6.58. The smallest absolute Gasteiger partial charge is 0.507 e. The number of alkyl halides is 3. The van der Waals surface area contributed by atoms with Gasteiger partial charge in [0.1, 0.15) is 11.5 Å². The average molecular weight is 496 g/mol. The summed E-state index contributed by atoms with van der Waals surface area (Å²) in [6.07, 6.45) is -3.40. The van der Waals surface area contributed by atoms with Gasteiger partial charge in [-0.3, -0.25) is 19.5 Å². The van der Waals surface area contributed by atoms with Crippen LogP contribution in [0.3, 0.4) is 0 Å². The van der Waals surface area contributed by atoms with Crippen molar-refractivity contribution in [2.75, 3.05) is 4.90 Å². The third kappa shape index (κ3) is 4.95. The number of aliphatic hydroxyl groups excluding tert-OH is 1. The number of ether oxygens (including phenoxy) is 1. The molecular formula is C27H23F3N2O4. The summed E-state index contributed by atoms with van der Waals surface area (Å²) in [5, 5.41) is 11.1. The van der Waals surface area contributed by atoms with E-state index in [1.165, 1.54) is 23.2 Å². The van der Waals surface area contributed by atoms with Gasteiger partial charge >= 0.3 is 6.36 Å². The number of ketones is 1. The van der Waals surface area contributed by atoms with Gasteiger partial charge < -0.3 is 9.84 Å². The number of pyridine rings is 1. The maximum absolute atomic E-state index is 13.2. The second-order valence-corrected chi connectivity index (χ2v) is 8.72. The third-order valence-electron chi connectivity index (χ3n) is 5.90. The molecule has 36 heavy (non-hydrogen) atoms. The number of nitrogens with zero attached hydrogens (tertiary/aromatic N) is 2. The van der Waals surface area contributed by atoms with Gasteiger partial charge in [0, 0.05) is 11.3 Å². The summed E-state index contributed by atoms with van der Waals surface area (Å²) in [7, 11) is 0. The van der Waals surface area contributed by atoms with E-state index in [4.69, 9.17) is 0 Å². The topological polar surface area (TPSA) is 79.7 Å². The van der Waals surface area contributed by atoms with Gasteiger partial charge in [-0.2, -0.15) is 0 Å². The highest BCUT2D eigenvalue weighted by atomic mass is 19.4. The number of aliphatic hydroxyl groups is 1. The van der Waals surface area contributed by atoms with Crippen molar-refractivity contribution >= 4 is 23.1 Å². The number of rotatable bonds is 5. The maximum Gasteiger partial charge on any atom is 0.573 e. The predicted octanol–water partition coefficient (Wildman–Crippen LogP) is 6.04. The molecule has 6 nitrogen and oxygen atoms in total. The SMILES string of the molecule is Cc1ccc(N2C(=O)C(=O)C(=C(O)c3ccc(OC(F)(F)F)cc3)C2c2ccc(C(C)C)cc2)cn1. The van der Waals surface area contributed by atoms with E-state index < -0.39 is 35.6 Å². The lowest BCUT2D eigenvalue weighted by Gasteiger charge is -2.25. The van der Waals surface area contributed by atoms with Crippen molar-refractivity contribution in [3.8, 4) is 5.75 Å². The molecular weight excluding hydrogens is 473 g/mol. The molecule has 1 aromatic heterocycles. The van der Waals surface area contributed by atoms with Gasteiger partial charge in [-0.15, -0.1) is 13.2 Å². The summed E-state index contributed by atoms with van der Waals surface area (Å²) < 4.78 is 41.4. The van der Waals surface area contributed by atoms with Gasteiger partial charge in [0.2, 0.25) is 0 Å². The zero-order valence-electron chi connectivity index (χ0n) is 19.7. The van der Waals surface area contributed by atoms with Crippen molar-refractivity contribution in [2.45, 2.75) is 39.1 Å². The minimum atomic E-state index is -4.87. The van der Waals surface area contributed by atoms with Crippen LogP contribution in [0.5, 0.6) is 5.75 Å². The molecule has 3 aromatic rings. The third-order valence-corrected chi connectivity index (χ3v) is 5.90. The zero-order chi connectivity index (χ0) is 26.2. The lowest BCUT2D eigenvalue weighted by Crippen LogP contribution is -2.29. The van der Waals surface area contributed by atoms with Crippen molar-refractivity contribution in [3.63, 3.8) is 0 Å². The van der Waals surface area contributed by atoms with Crippen molar-refractivity contribution < 1.29 is 32.6 Å². The Morgan fingerprint density at radius 3 is 2.17 bits per heavy atom. The molecule has 0 bridgehead atoms. The molecule has 0 radical (unpaired) electrons. The van der Waals surface area contributed by atoms with E-state index in [9.17, 15) is 27.9 Å². The Morgan fingerprint density at radius 1 is 1.00 bits per heavy atom. The van der Waals surface area contributed by atoms with Crippen LogP contribution in [0.2, 0.25) is 0 Å². The summed E-state index contributed by atoms with van der Waals surface area (Å²) in [5.74, 6) is -2.50. The van der Waals surface area contributed by atoms with Crippen LogP contribution >= 0.6 is 0 Å². The standard InChI is InChI=1S/C27H23F3N2O4/c1-15(2)17-5-7-18(8-6-17)23-22(24(33)19-9-12-21(13-10-19)36-27(28,29)30)25(34)26(35)32(23)20-11-4-16(3)31-14-20/h4-15,23,33H,1-3H3. The number of hydrogen-bond acceptors (Lipinski definition) is 5. The van der Waals surface area contributed by atoms with Crippen LogP contribution in [-0.4, -0.2) is 28.1 Å². The van der Waals surface area contributed by atoms with E-state index in [0.29, 0.717) is 16.9 Å². The molecule has 186 valence electrons. The summed E-state index contributed by atoms with van der Waals surface area (Å²) in [5.41, 5.74) is 2.60. The number of aryl methyl sites for hydroxylation is 1. The highest BCUT2D eigenvalue weighted by Gasteiger charge is 2.47. The van der Waals surface area contributed by atoms with Gasteiger partial charge in [0.25, 0.3) is 11.7 Å². The average Bonchev–Trinajstić information content (AvgIpc) is 3.09. The second kappa shape index (κ2) is 9.49. The Hall–Kier alpha value is -4.14. The lowest BCUT2D eigenvalue weighted by atomic mass is 9.93. The molecule has 9 heteroatoms. The molecule has 1 aliphatic heterocycles. The number of anilines is 1. The van der Waals surface area contributed by atoms with Crippen molar-refractivity contribution in [2.24, 2.45) is 0 Å². The number of benzene rings is 2. The van der Waals surface area contributed by atoms with E-state index in [1.807, 2.05) is 26.0 Å². The van der Waals surface area contributed by atoms with E-state index in [1.54, 1.807) is 31.2 Å². The number of carbonyl (C=O) groups excluding carboxylic acids is 2. The van der Waals surface area contributed by atoms with Crippen LogP contribution < -0.4 is 9.64 Å². The van der Waals surface area contributed by atoms with Gasteiger partial charge in [0.05, 0.1) is 23.5 Å². The zero-order valence-corrected chi connectivity index (χ0v) is 19.7. The molecule has 4 rings (SSSR count). The number of Topliss-reactive ketones (excluding diaryl/α,β-unsaturated/α-hetero) is 1. The highest BCUT2D eigenvalue weighted by molar-refractivity contribution is 6.51. The summed E-state index contributed by atoms with van der Waals surface area (Å²) in [4.78, 5) is 31.8. The molecule has 1 atom stereocenters. The van der Waals surface area contributed by atoms with Crippen LogP contribution in [0.4, 0.5) is 18.9 Å². The van der Waals surface area contributed by atoms with Crippen molar-refractivity contribution in [1.29, 1.82) is 0 Å². The fourth-order valence-corrected chi connectivity index (χ4v) is 4.05. The number of halogens is 3. The summed E-state index contributed by atoms with van der Waals surface area (Å²) >= 11 is 0. The van der Waals surface area contributed by atoms with Crippen molar-refractivity contribution in [3.05, 3.63) is 94.8 Å². The Bertz CT molecular complexity index is 1310. The van der Waals surface area contributed by atoms with E-state index in [0.717, 1.165) is 17.7 Å². The fraction of sp³-hybridized carbons (Fsp3) is 0.222. The first-order chi connectivity index (χ1) is 17.0. The van der Waals surface area contributed by atoms with Gasteiger partial charge in [0.15, 0.2) is 0 Å². The van der Waals surface area contributed by atoms with Crippen LogP contribution in [0, 0.1) is 6.92 Å². The lowest BCUT2D eigenvalue weighted by molar-refractivity contribution is -0.274. The van der Waals surface area contributed by atoms with Gasteiger partial charge in [-0.05, 0) is 60.4 Å². The largest absolute Gasteiger partial charge is 0.573 e. The second-order valence-electron chi connectivity index (χ2n) is 8.72. The molecule has 2 aromatic carbocycles. The van der Waals surface area contributed by atoms with E-state index in [-0.39, 0.29) is 17.1 Å². The van der Waals surface area contributed by atoms with Crippen molar-refractivity contribution in [1.82, 2.24) is 4.98 Å². The Morgan fingerprint density at radius 2 is 1.64 bits per heavy atom. The molecule has 0 aliphatic carbocycles. The molecule has 0 spiro atoms. The summed E-state index contributed by atoms with van der Waals surface area (Å²) in [6, 6.07) is 14.2. The maximum atomic E-state index is 13.2. The number of carbonyl (C=O) groups is 2. The van der Waals surface area contributed by atoms with Gasteiger partial charge in [-0.1, -0.05) is 38.1 Å². The highest BCUT2D eigenvalue weighted by Crippen LogP contribution is 2.42. The number of aromatic nitrogens is 1. The van der Waals surface area contributed by atoms with Crippen LogP contribution in [0.1, 0.15) is 48.2 Å². The first kappa shape index (κ1) is 25.0. The first-order valence-corrected chi connectivity index (χ1v) is 11.2. The number of hydrogen-bond donors (Lipinski definition) is 1. The van der Waals surface area contributed by atoms with Crippen LogP contribution in [0.15, 0.2) is 72.4 Å². The molecule has 1 saturated heterocycles. The van der Waals surface area contributed by atoms with E-state index in [2.05, 4.69) is 9.72 Å². The monoisotopic (exact) mass is 496 g/mol. The molecule has 1 amide bonds.